The molecule has 24 heteroatoms. The summed E-state index contributed by atoms with van der Waals surface area (Å²) in [6.45, 7) is -2.26. The van der Waals surface area contributed by atoms with Crippen molar-refractivity contribution >= 4 is 46.1 Å². The molecule has 0 aromatic rings. The average molecular weight is 893 g/mol. The van der Waals surface area contributed by atoms with Crippen LogP contribution < -0.4 is 0 Å². The van der Waals surface area contributed by atoms with E-state index in [9.17, 15) is 60.0 Å². The zero-order valence-corrected chi connectivity index (χ0v) is 33.3. The van der Waals surface area contributed by atoms with Gasteiger partial charge in [0.2, 0.25) is 12.6 Å². The van der Waals surface area contributed by atoms with Crippen LogP contribution in [0.1, 0.15) is 0 Å². The summed E-state index contributed by atoms with van der Waals surface area (Å²) in [5.41, 5.74) is 0.497. The first-order valence-corrected chi connectivity index (χ1v) is 21.0. The fraction of sp³-hybridized carbons (Fsp3) is 0.667. The van der Waals surface area contributed by atoms with Gasteiger partial charge in [-0.2, -0.15) is 0 Å². The monoisotopic (exact) mass is 892 g/mol. The second-order valence-electron chi connectivity index (χ2n) is 14.6. The SMILES string of the molecule is CSC(=O)OCC1=CC(O)C2C(C(=O)OC3C(O)C(CO)OC(OC4OC=C5C(=O)OC6C=C(COC(=O)SC)C4C56)C3O)=COC(OC3OC(CO)C(O)C(O)C3O)C12. The zero-order valence-electron chi connectivity index (χ0n) is 31.6. The maximum atomic E-state index is 14.0. The number of hydrogen-bond donors (Lipinski definition) is 8. The van der Waals surface area contributed by atoms with Crippen molar-refractivity contribution in [2.45, 2.75) is 86.2 Å². The summed E-state index contributed by atoms with van der Waals surface area (Å²) in [6.07, 6.45) is -14.6. The first-order valence-electron chi connectivity index (χ1n) is 18.6. The van der Waals surface area contributed by atoms with Crippen LogP contribution in [0.3, 0.4) is 0 Å². The van der Waals surface area contributed by atoms with E-state index in [2.05, 4.69) is 0 Å². The molecule has 2 aliphatic carbocycles. The van der Waals surface area contributed by atoms with E-state index in [1.807, 2.05) is 0 Å². The van der Waals surface area contributed by atoms with Crippen molar-refractivity contribution in [1.29, 1.82) is 0 Å². The van der Waals surface area contributed by atoms with E-state index in [1.165, 1.54) is 18.6 Å². The van der Waals surface area contributed by atoms with Crippen LogP contribution in [0.25, 0.3) is 0 Å². The third kappa shape index (κ3) is 8.43. The normalized spacial score (nSPS) is 41.6. The summed E-state index contributed by atoms with van der Waals surface area (Å²) in [7, 11) is 0. The standard InChI is InChI=1S/C36H44O22S2/c1-59-35(47)51-7-11-3-15(39)21-13(9-49-31(19(11)21)57-33-26(43)25(42)23(40)17(5-37)54-33)30(46)56-28-24(41)18(6-38)55-34(27(28)44)58-32-20-12(8-52-36(48)60-2)4-16-22(20)14(10-50-32)29(45)53-16/h3-4,9-10,15-28,31-34,37-44H,5-8H2,1-2H3. The molecular weight excluding hydrogens is 849 g/mol. The Labute approximate surface area is 348 Å². The smallest absolute Gasteiger partial charge is 0.367 e. The van der Waals surface area contributed by atoms with Gasteiger partial charge in [-0.1, -0.05) is 6.08 Å². The quantitative estimate of drug-likeness (QED) is 0.0561. The van der Waals surface area contributed by atoms with E-state index in [1.54, 1.807) is 6.08 Å². The van der Waals surface area contributed by atoms with Gasteiger partial charge in [0.05, 0.1) is 54.8 Å². The Hall–Kier alpha value is -3.34. The molecule has 8 N–H and O–H groups in total. The van der Waals surface area contributed by atoms with Crippen molar-refractivity contribution in [1.82, 2.24) is 0 Å². The van der Waals surface area contributed by atoms with Gasteiger partial charge >= 0.3 is 22.5 Å². The molecule has 5 heterocycles. The molecule has 3 fully saturated rings. The number of aliphatic hydroxyl groups excluding tert-OH is 8. The Morgan fingerprint density at radius 1 is 0.667 bits per heavy atom. The highest BCUT2D eigenvalue weighted by molar-refractivity contribution is 8.12. The number of hydrogen-bond acceptors (Lipinski definition) is 24. The largest absolute Gasteiger partial charge is 0.471 e. The summed E-state index contributed by atoms with van der Waals surface area (Å²) in [5.74, 6) is -5.75. The van der Waals surface area contributed by atoms with Crippen molar-refractivity contribution in [3.05, 3.63) is 47.0 Å². The predicted molar refractivity (Wildman–Crippen MR) is 195 cm³/mol. The van der Waals surface area contributed by atoms with Crippen LogP contribution in [0.2, 0.25) is 0 Å². The Bertz CT molecular complexity index is 1780. The minimum Gasteiger partial charge on any atom is -0.471 e. The molecule has 18 unspecified atom stereocenters. The van der Waals surface area contributed by atoms with Gasteiger partial charge in [0.15, 0.2) is 18.7 Å². The molecule has 7 rings (SSSR count). The molecule has 7 aliphatic rings. The average Bonchev–Trinajstić information content (AvgIpc) is 3.89. The second kappa shape index (κ2) is 18.6. The zero-order chi connectivity index (χ0) is 43.2. The number of carbonyl (C=O) groups excluding carboxylic acids is 4. The van der Waals surface area contributed by atoms with Gasteiger partial charge < -0.3 is 88.2 Å². The molecule has 0 radical (unpaired) electrons. The van der Waals surface area contributed by atoms with Gasteiger partial charge in [0, 0.05) is 11.8 Å². The van der Waals surface area contributed by atoms with Crippen LogP contribution in [0.15, 0.2) is 47.0 Å². The van der Waals surface area contributed by atoms with Crippen LogP contribution in [0.5, 0.6) is 0 Å². The van der Waals surface area contributed by atoms with Crippen molar-refractivity contribution in [2.24, 2.45) is 23.7 Å². The lowest BCUT2D eigenvalue weighted by atomic mass is 9.82. The van der Waals surface area contributed by atoms with Crippen molar-refractivity contribution in [3.63, 3.8) is 0 Å². The number of fused-ring (bicyclic) bond motifs is 1. The summed E-state index contributed by atoms with van der Waals surface area (Å²) in [6, 6.07) is 0. The van der Waals surface area contributed by atoms with Gasteiger partial charge in [0.1, 0.15) is 62.0 Å². The van der Waals surface area contributed by atoms with Crippen LogP contribution in [-0.4, -0.2) is 189 Å². The van der Waals surface area contributed by atoms with E-state index in [0.717, 1.165) is 36.0 Å². The van der Waals surface area contributed by atoms with E-state index >= 15 is 0 Å². The number of thioether (sulfide) groups is 2. The van der Waals surface area contributed by atoms with Crippen LogP contribution >= 0.6 is 23.5 Å². The Morgan fingerprint density at radius 2 is 1.22 bits per heavy atom. The lowest BCUT2D eigenvalue weighted by Crippen LogP contribution is -2.61. The first kappa shape index (κ1) is 44.7. The van der Waals surface area contributed by atoms with E-state index < -0.39 is 152 Å². The third-order valence-corrected chi connectivity index (χ3v) is 12.2. The fourth-order valence-corrected chi connectivity index (χ4v) is 8.67. The Morgan fingerprint density at radius 3 is 1.82 bits per heavy atom. The van der Waals surface area contributed by atoms with Gasteiger partial charge in [-0.3, -0.25) is 0 Å². The molecule has 18 atom stereocenters. The Kier molecular flexibility index (Phi) is 13.8. The summed E-state index contributed by atoms with van der Waals surface area (Å²) in [5, 5.41) is 83.7. The van der Waals surface area contributed by atoms with E-state index in [4.69, 9.17) is 47.4 Å². The van der Waals surface area contributed by atoms with Gasteiger partial charge in [-0.05, 0) is 53.3 Å². The van der Waals surface area contributed by atoms with Crippen LogP contribution in [0, 0.1) is 23.7 Å². The van der Waals surface area contributed by atoms with Gasteiger partial charge in [-0.15, -0.1) is 0 Å². The molecule has 60 heavy (non-hydrogen) atoms. The molecule has 0 aromatic heterocycles. The van der Waals surface area contributed by atoms with Crippen molar-refractivity contribution < 1.29 is 107 Å². The van der Waals surface area contributed by atoms with Crippen molar-refractivity contribution in [2.75, 3.05) is 38.9 Å². The number of ether oxygens (including phenoxy) is 10. The van der Waals surface area contributed by atoms with Gasteiger partial charge in [-0.25, -0.2) is 19.2 Å². The first-order chi connectivity index (χ1) is 28.7. The minimum absolute atomic E-state index is 0.188. The maximum absolute atomic E-state index is 14.0. The number of esters is 2. The summed E-state index contributed by atoms with van der Waals surface area (Å²) >= 11 is 1.59. The third-order valence-electron chi connectivity index (χ3n) is 11.3. The van der Waals surface area contributed by atoms with E-state index in [-0.39, 0.29) is 23.3 Å². The molecule has 0 saturated carbocycles. The number of carbonyl (C=O) groups is 4. The summed E-state index contributed by atoms with van der Waals surface area (Å²) < 4.78 is 56.2. The molecule has 332 valence electrons. The molecule has 0 aromatic carbocycles. The second-order valence-corrected chi connectivity index (χ2v) is 16.1. The lowest BCUT2D eigenvalue weighted by molar-refractivity contribution is -0.341. The molecule has 5 aliphatic heterocycles. The minimum atomic E-state index is -1.97. The summed E-state index contributed by atoms with van der Waals surface area (Å²) in [4.78, 5) is 50.6. The molecule has 22 nitrogen and oxygen atoms in total. The molecule has 0 spiro atoms. The van der Waals surface area contributed by atoms with E-state index in [0.29, 0.717) is 5.57 Å². The fourth-order valence-electron chi connectivity index (χ4n) is 8.31. The predicted octanol–water partition coefficient (Wildman–Crippen LogP) is -2.72. The van der Waals surface area contributed by atoms with Gasteiger partial charge in [0.25, 0.3) is 0 Å². The number of aliphatic hydroxyl groups is 8. The lowest BCUT2D eigenvalue weighted by Gasteiger charge is -2.44. The number of rotatable bonds is 12. The topological polar surface area (TPSA) is 322 Å². The molecule has 3 saturated heterocycles. The maximum Gasteiger partial charge on any atom is 0.367 e. The Balaban J connectivity index is 1.10. The highest BCUT2D eigenvalue weighted by Crippen LogP contribution is 2.50. The van der Waals surface area contributed by atoms with Crippen LogP contribution in [-0.2, 0) is 57.0 Å². The van der Waals surface area contributed by atoms with Crippen LogP contribution in [0.4, 0.5) is 9.59 Å². The molecule has 0 bridgehead atoms. The molecular formula is C36H44O22S2. The highest BCUT2D eigenvalue weighted by atomic mass is 32.2. The highest BCUT2D eigenvalue weighted by Gasteiger charge is 2.58. The molecule has 0 amide bonds. The van der Waals surface area contributed by atoms with Crippen molar-refractivity contribution in [3.8, 4) is 0 Å².